The molecular weight excluding hydrogens is 436 g/mol. The summed E-state index contributed by atoms with van der Waals surface area (Å²) in [4.78, 5) is 16.1. The quantitative estimate of drug-likeness (QED) is 0.402. The van der Waals surface area contributed by atoms with Gasteiger partial charge in [0, 0.05) is 37.9 Å². The van der Waals surface area contributed by atoms with Gasteiger partial charge in [-0.15, -0.1) is 0 Å². The Bertz CT molecular complexity index is 1270. The lowest BCUT2D eigenvalue weighted by atomic mass is 10.2. The molecule has 0 unspecified atom stereocenters. The standard InChI is InChI=1S/C21H21ClN6O2S/c1-15(12-24-14-23-2)13-28(3)31(29,30)20-7-5-4-6-18(20)27-16-10-17(22)21-19(11-16)25-8-9-26-21/h4-12,14,27H,2,13H2,1,3H3/b15-12+,24-14-. The fourth-order valence-electron chi connectivity index (χ4n) is 2.91. The first-order valence-corrected chi connectivity index (χ1v) is 11.0. The van der Waals surface area contributed by atoms with E-state index >= 15 is 0 Å². The molecule has 0 atom stereocenters. The van der Waals surface area contributed by atoms with Gasteiger partial charge in [-0.25, -0.2) is 13.4 Å². The van der Waals surface area contributed by atoms with Gasteiger partial charge in [-0.2, -0.15) is 4.31 Å². The van der Waals surface area contributed by atoms with Gasteiger partial charge in [0.25, 0.3) is 0 Å². The molecule has 0 saturated carbocycles. The number of fused-ring (bicyclic) bond motifs is 1. The number of likely N-dealkylation sites (N-methyl/N-ethyl adjacent to an activating group) is 1. The van der Waals surface area contributed by atoms with Crippen LogP contribution in [0, 0.1) is 0 Å². The third-order valence-electron chi connectivity index (χ3n) is 4.30. The maximum Gasteiger partial charge on any atom is 0.245 e. The highest BCUT2D eigenvalue weighted by Crippen LogP contribution is 2.30. The smallest absolute Gasteiger partial charge is 0.245 e. The molecule has 0 amide bonds. The first-order valence-electron chi connectivity index (χ1n) is 9.18. The van der Waals surface area contributed by atoms with Crippen molar-refractivity contribution in [1.82, 2.24) is 14.3 Å². The van der Waals surface area contributed by atoms with Crippen molar-refractivity contribution in [3.05, 3.63) is 65.6 Å². The monoisotopic (exact) mass is 456 g/mol. The molecule has 0 fully saturated rings. The molecule has 0 aliphatic rings. The number of anilines is 2. The Morgan fingerprint density at radius 3 is 2.77 bits per heavy atom. The van der Waals surface area contributed by atoms with Crippen molar-refractivity contribution < 1.29 is 8.42 Å². The van der Waals surface area contributed by atoms with Crippen LogP contribution >= 0.6 is 11.6 Å². The fraction of sp³-hybridized carbons (Fsp3) is 0.143. The van der Waals surface area contributed by atoms with Crippen LogP contribution in [-0.4, -0.2) is 49.3 Å². The summed E-state index contributed by atoms with van der Waals surface area (Å²) in [6, 6.07) is 10.1. The number of para-hydroxylation sites is 1. The normalized spacial score (nSPS) is 12.6. The molecule has 2 aromatic carbocycles. The molecule has 0 saturated heterocycles. The lowest BCUT2D eigenvalue weighted by Gasteiger charge is -2.20. The summed E-state index contributed by atoms with van der Waals surface area (Å²) in [5.41, 5.74) is 2.95. The van der Waals surface area contributed by atoms with E-state index in [-0.39, 0.29) is 11.4 Å². The second-order valence-corrected chi connectivity index (χ2v) is 9.11. The van der Waals surface area contributed by atoms with E-state index in [1.807, 2.05) is 0 Å². The molecule has 8 nitrogen and oxygen atoms in total. The van der Waals surface area contributed by atoms with Gasteiger partial charge in [-0.3, -0.25) is 15.0 Å². The largest absolute Gasteiger partial charge is 0.354 e. The summed E-state index contributed by atoms with van der Waals surface area (Å²) < 4.78 is 27.7. The summed E-state index contributed by atoms with van der Waals surface area (Å²) >= 11 is 6.32. The van der Waals surface area contributed by atoms with Crippen LogP contribution in [0.1, 0.15) is 6.92 Å². The maximum atomic E-state index is 13.2. The van der Waals surface area contributed by atoms with Crippen molar-refractivity contribution in [2.75, 3.05) is 18.9 Å². The summed E-state index contributed by atoms with van der Waals surface area (Å²) in [6.45, 7) is 5.26. The molecule has 3 aromatic rings. The molecule has 10 heteroatoms. The second-order valence-electron chi connectivity index (χ2n) is 6.69. The summed E-state index contributed by atoms with van der Waals surface area (Å²) in [5, 5.41) is 3.56. The van der Waals surface area contributed by atoms with Gasteiger partial charge in [0.05, 0.1) is 16.2 Å². The Morgan fingerprint density at radius 1 is 1.26 bits per heavy atom. The van der Waals surface area contributed by atoms with Crippen LogP contribution in [0.2, 0.25) is 5.02 Å². The van der Waals surface area contributed by atoms with Crippen molar-refractivity contribution in [2.24, 2.45) is 9.98 Å². The first kappa shape index (κ1) is 22.5. The van der Waals surface area contributed by atoms with E-state index in [0.29, 0.717) is 27.4 Å². The number of nitrogens with one attached hydrogen (secondary N) is 1. The predicted molar refractivity (Wildman–Crippen MR) is 126 cm³/mol. The number of aromatic nitrogens is 2. The van der Waals surface area contributed by atoms with Crippen LogP contribution in [0.25, 0.3) is 11.0 Å². The van der Waals surface area contributed by atoms with Gasteiger partial charge in [-0.05, 0) is 43.5 Å². The fourth-order valence-corrected chi connectivity index (χ4v) is 4.53. The van der Waals surface area contributed by atoms with Gasteiger partial charge in [0.1, 0.15) is 16.8 Å². The molecule has 0 bridgehead atoms. The van der Waals surface area contributed by atoms with Crippen LogP contribution in [0.15, 0.2) is 75.4 Å². The van der Waals surface area contributed by atoms with Gasteiger partial charge in [0.15, 0.2) is 0 Å². The van der Waals surface area contributed by atoms with Gasteiger partial charge in [0.2, 0.25) is 10.0 Å². The summed E-state index contributed by atoms with van der Waals surface area (Å²) in [5.74, 6) is 0. The number of nitrogens with zero attached hydrogens (tertiary/aromatic N) is 5. The number of rotatable bonds is 8. The Hall–Kier alpha value is -3.14. The van der Waals surface area contributed by atoms with Gasteiger partial charge >= 0.3 is 0 Å². The topological polar surface area (TPSA) is 99.9 Å². The number of aliphatic imine (C=N–C) groups is 2. The Kier molecular flexibility index (Phi) is 7.11. The summed E-state index contributed by atoms with van der Waals surface area (Å²) in [7, 11) is -2.27. The van der Waals surface area contributed by atoms with E-state index < -0.39 is 10.0 Å². The molecule has 0 radical (unpaired) electrons. The zero-order chi connectivity index (χ0) is 22.4. The molecule has 3 rings (SSSR count). The molecule has 160 valence electrons. The Balaban J connectivity index is 1.91. The van der Waals surface area contributed by atoms with Crippen LogP contribution in [0.3, 0.4) is 0 Å². The van der Waals surface area contributed by atoms with E-state index in [1.54, 1.807) is 61.9 Å². The predicted octanol–water partition coefficient (Wildman–Crippen LogP) is 4.28. The third kappa shape index (κ3) is 5.32. The van der Waals surface area contributed by atoms with Crippen molar-refractivity contribution in [3.63, 3.8) is 0 Å². The minimum atomic E-state index is -3.79. The average Bonchev–Trinajstić information content (AvgIpc) is 2.74. The van der Waals surface area contributed by atoms with E-state index in [2.05, 4.69) is 32.0 Å². The second kappa shape index (κ2) is 9.78. The number of sulfonamides is 1. The molecule has 1 heterocycles. The molecule has 1 aromatic heterocycles. The SMILES string of the molecule is C=N/C=N\C=C(/C)CN(C)S(=O)(=O)c1ccccc1Nc1cc(Cl)c2nccnc2c1. The summed E-state index contributed by atoms with van der Waals surface area (Å²) in [6.07, 6.45) is 5.97. The van der Waals surface area contributed by atoms with Crippen molar-refractivity contribution in [1.29, 1.82) is 0 Å². The van der Waals surface area contributed by atoms with Crippen LogP contribution in [0.4, 0.5) is 11.4 Å². The number of hydrogen-bond donors (Lipinski definition) is 1. The van der Waals surface area contributed by atoms with E-state index in [4.69, 9.17) is 11.6 Å². The Morgan fingerprint density at radius 2 is 2.00 bits per heavy atom. The lowest BCUT2D eigenvalue weighted by Crippen LogP contribution is -2.29. The number of benzene rings is 2. The molecular formula is C21H21ClN6O2S. The highest BCUT2D eigenvalue weighted by Gasteiger charge is 2.24. The van der Waals surface area contributed by atoms with Crippen molar-refractivity contribution >= 4 is 57.1 Å². The average molecular weight is 457 g/mol. The highest BCUT2D eigenvalue weighted by atomic mass is 35.5. The molecule has 1 N–H and O–H groups in total. The van der Waals surface area contributed by atoms with E-state index in [1.165, 1.54) is 17.7 Å². The molecule has 0 aliphatic carbocycles. The van der Waals surface area contributed by atoms with Gasteiger partial charge < -0.3 is 5.32 Å². The van der Waals surface area contributed by atoms with Gasteiger partial charge in [-0.1, -0.05) is 23.7 Å². The zero-order valence-electron chi connectivity index (χ0n) is 17.0. The lowest BCUT2D eigenvalue weighted by molar-refractivity contribution is 0.493. The molecule has 0 aliphatic heterocycles. The first-order chi connectivity index (χ1) is 14.8. The minimum absolute atomic E-state index is 0.136. The molecule has 31 heavy (non-hydrogen) atoms. The third-order valence-corrected chi connectivity index (χ3v) is 6.45. The van der Waals surface area contributed by atoms with Crippen LogP contribution < -0.4 is 5.32 Å². The Labute approximate surface area is 186 Å². The maximum absolute atomic E-state index is 13.2. The zero-order valence-corrected chi connectivity index (χ0v) is 18.6. The number of halogens is 1. The highest BCUT2D eigenvalue weighted by molar-refractivity contribution is 7.89. The van der Waals surface area contributed by atoms with E-state index in [0.717, 1.165) is 5.57 Å². The van der Waals surface area contributed by atoms with E-state index in [9.17, 15) is 8.42 Å². The van der Waals surface area contributed by atoms with Crippen molar-refractivity contribution in [3.8, 4) is 0 Å². The van der Waals surface area contributed by atoms with Crippen molar-refractivity contribution in [2.45, 2.75) is 11.8 Å². The van der Waals surface area contributed by atoms with Crippen LogP contribution in [-0.2, 0) is 10.0 Å². The van der Waals surface area contributed by atoms with Crippen LogP contribution in [0.5, 0.6) is 0 Å². The minimum Gasteiger partial charge on any atom is -0.354 e. The molecule has 0 spiro atoms. The number of hydrogen-bond acceptors (Lipinski definition) is 6.